The second kappa shape index (κ2) is 6.25. The van der Waals surface area contributed by atoms with Crippen molar-refractivity contribution in [2.24, 2.45) is 0 Å². The van der Waals surface area contributed by atoms with Crippen molar-refractivity contribution in [3.05, 3.63) is 59.7 Å². The number of para-hydroxylation sites is 2. The maximum absolute atomic E-state index is 9.74. The molecule has 0 aliphatic heterocycles. The van der Waals surface area contributed by atoms with Crippen LogP contribution < -0.4 is 10.1 Å². The lowest BCUT2D eigenvalue weighted by Crippen LogP contribution is -2.05. The van der Waals surface area contributed by atoms with Crippen LogP contribution in [0, 0.1) is 0 Å². The molecule has 0 aromatic heterocycles. The molecule has 0 aliphatic carbocycles. The van der Waals surface area contributed by atoms with Gasteiger partial charge in [0.2, 0.25) is 0 Å². The Balaban J connectivity index is 2.15. The van der Waals surface area contributed by atoms with E-state index in [1.54, 1.807) is 14.0 Å². The fourth-order valence-electron chi connectivity index (χ4n) is 2.06. The van der Waals surface area contributed by atoms with Crippen LogP contribution in [0.5, 0.6) is 5.75 Å². The quantitative estimate of drug-likeness (QED) is 0.863. The number of anilines is 1. The van der Waals surface area contributed by atoms with Gasteiger partial charge in [-0.2, -0.15) is 0 Å². The van der Waals surface area contributed by atoms with E-state index < -0.39 is 6.10 Å². The average molecular weight is 257 g/mol. The topological polar surface area (TPSA) is 41.5 Å². The predicted molar refractivity (Wildman–Crippen MR) is 77.4 cm³/mol. The first-order valence-corrected chi connectivity index (χ1v) is 6.35. The van der Waals surface area contributed by atoms with Crippen molar-refractivity contribution in [2.45, 2.75) is 19.6 Å². The van der Waals surface area contributed by atoms with Crippen molar-refractivity contribution in [3.8, 4) is 5.75 Å². The fourth-order valence-corrected chi connectivity index (χ4v) is 2.06. The summed E-state index contributed by atoms with van der Waals surface area (Å²) in [5.74, 6) is 0.865. The number of rotatable bonds is 5. The molecular weight excluding hydrogens is 238 g/mol. The van der Waals surface area contributed by atoms with E-state index in [2.05, 4.69) is 5.32 Å². The summed E-state index contributed by atoms with van der Waals surface area (Å²) in [6, 6.07) is 15.7. The number of methoxy groups -OCH3 is 1. The third kappa shape index (κ3) is 3.26. The number of ether oxygens (including phenoxy) is 1. The maximum Gasteiger partial charge on any atom is 0.123 e. The molecule has 1 unspecified atom stereocenters. The molecule has 2 aromatic rings. The van der Waals surface area contributed by atoms with Crippen molar-refractivity contribution >= 4 is 5.69 Å². The Kier molecular flexibility index (Phi) is 4.42. The molecule has 3 nitrogen and oxygen atoms in total. The van der Waals surface area contributed by atoms with E-state index in [9.17, 15) is 5.11 Å². The van der Waals surface area contributed by atoms with Gasteiger partial charge in [-0.15, -0.1) is 0 Å². The second-order valence-corrected chi connectivity index (χ2v) is 4.43. The molecule has 0 spiro atoms. The summed E-state index contributed by atoms with van der Waals surface area (Å²) in [5.41, 5.74) is 2.94. The van der Waals surface area contributed by atoms with Crippen molar-refractivity contribution in [1.82, 2.24) is 0 Å². The summed E-state index contributed by atoms with van der Waals surface area (Å²) in [5, 5.41) is 13.1. The Hall–Kier alpha value is -2.00. The number of hydrogen-bond acceptors (Lipinski definition) is 3. The van der Waals surface area contributed by atoms with E-state index in [0.717, 1.165) is 22.6 Å². The zero-order valence-corrected chi connectivity index (χ0v) is 11.3. The molecule has 1 atom stereocenters. The van der Waals surface area contributed by atoms with Gasteiger partial charge in [0.1, 0.15) is 5.75 Å². The van der Waals surface area contributed by atoms with Crippen LogP contribution >= 0.6 is 0 Å². The van der Waals surface area contributed by atoms with Gasteiger partial charge in [-0.3, -0.25) is 0 Å². The molecule has 2 N–H and O–H groups in total. The van der Waals surface area contributed by atoms with E-state index >= 15 is 0 Å². The summed E-state index contributed by atoms with van der Waals surface area (Å²) in [4.78, 5) is 0. The van der Waals surface area contributed by atoms with E-state index in [0.29, 0.717) is 6.54 Å². The van der Waals surface area contributed by atoms with E-state index in [4.69, 9.17) is 4.74 Å². The smallest absolute Gasteiger partial charge is 0.123 e. The highest BCUT2D eigenvalue weighted by Gasteiger charge is 2.07. The Bertz CT molecular complexity index is 538. The molecule has 0 fully saturated rings. The number of aliphatic hydroxyl groups is 1. The van der Waals surface area contributed by atoms with Crippen LogP contribution in [0.25, 0.3) is 0 Å². The highest BCUT2D eigenvalue weighted by Crippen LogP contribution is 2.24. The standard InChI is InChI=1S/C16H19NO2/c1-12(18)14-8-4-5-9-15(14)17-11-13-7-3-6-10-16(13)19-2/h3-10,12,17-18H,11H2,1-2H3. The minimum atomic E-state index is -0.485. The molecule has 0 saturated heterocycles. The lowest BCUT2D eigenvalue weighted by atomic mass is 10.1. The Labute approximate surface area is 113 Å². The first-order chi connectivity index (χ1) is 9.22. The largest absolute Gasteiger partial charge is 0.496 e. The van der Waals surface area contributed by atoms with Crippen LogP contribution in [-0.2, 0) is 6.54 Å². The predicted octanol–water partition coefficient (Wildman–Crippen LogP) is 3.36. The Morgan fingerprint density at radius 3 is 2.53 bits per heavy atom. The van der Waals surface area contributed by atoms with Gasteiger partial charge in [0, 0.05) is 23.4 Å². The number of nitrogens with one attached hydrogen (secondary N) is 1. The van der Waals surface area contributed by atoms with E-state index in [-0.39, 0.29) is 0 Å². The number of hydrogen-bond donors (Lipinski definition) is 2. The number of benzene rings is 2. The van der Waals surface area contributed by atoms with Gasteiger partial charge in [-0.25, -0.2) is 0 Å². The average Bonchev–Trinajstić information content (AvgIpc) is 2.45. The molecule has 0 heterocycles. The van der Waals surface area contributed by atoms with Crippen molar-refractivity contribution in [3.63, 3.8) is 0 Å². The Morgan fingerprint density at radius 2 is 1.79 bits per heavy atom. The molecular formula is C16H19NO2. The molecule has 2 aromatic carbocycles. The van der Waals surface area contributed by atoms with Crippen molar-refractivity contribution in [2.75, 3.05) is 12.4 Å². The van der Waals surface area contributed by atoms with Gasteiger partial charge < -0.3 is 15.2 Å². The van der Waals surface area contributed by atoms with Gasteiger partial charge in [0.25, 0.3) is 0 Å². The molecule has 3 heteroatoms. The first-order valence-electron chi connectivity index (χ1n) is 6.35. The molecule has 19 heavy (non-hydrogen) atoms. The van der Waals surface area contributed by atoms with Gasteiger partial charge in [-0.1, -0.05) is 36.4 Å². The zero-order valence-electron chi connectivity index (χ0n) is 11.3. The van der Waals surface area contributed by atoms with E-state index in [1.807, 2.05) is 48.5 Å². The summed E-state index contributed by atoms with van der Waals surface area (Å²) in [7, 11) is 1.67. The molecule has 100 valence electrons. The lowest BCUT2D eigenvalue weighted by Gasteiger charge is -2.15. The van der Waals surface area contributed by atoms with Crippen LogP contribution in [0.1, 0.15) is 24.2 Å². The van der Waals surface area contributed by atoms with Crippen LogP contribution in [0.4, 0.5) is 5.69 Å². The SMILES string of the molecule is COc1ccccc1CNc1ccccc1C(C)O. The minimum absolute atomic E-state index is 0.485. The summed E-state index contributed by atoms with van der Waals surface area (Å²) >= 11 is 0. The van der Waals surface area contributed by atoms with E-state index in [1.165, 1.54) is 0 Å². The molecule has 0 amide bonds. The summed E-state index contributed by atoms with van der Waals surface area (Å²) in [6.07, 6.45) is -0.485. The Morgan fingerprint density at radius 1 is 1.11 bits per heavy atom. The van der Waals surface area contributed by atoms with Crippen molar-refractivity contribution in [1.29, 1.82) is 0 Å². The molecule has 0 aliphatic rings. The zero-order chi connectivity index (χ0) is 13.7. The van der Waals surface area contributed by atoms with Crippen LogP contribution in [0.2, 0.25) is 0 Å². The van der Waals surface area contributed by atoms with Crippen LogP contribution in [0.15, 0.2) is 48.5 Å². The minimum Gasteiger partial charge on any atom is -0.496 e. The van der Waals surface area contributed by atoms with Crippen LogP contribution in [-0.4, -0.2) is 12.2 Å². The highest BCUT2D eigenvalue weighted by atomic mass is 16.5. The fraction of sp³-hybridized carbons (Fsp3) is 0.250. The van der Waals surface area contributed by atoms with Gasteiger partial charge in [-0.05, 0) is 19.1 Å². The van der Waals surface area contributed by atoms with Gasteiger partial charge >= 0.3 is 0 Å². The lowest BCUT2D eigenvalue weighted by molar-refractivity contribution is 0.200. The van der Waals surface area contributed by atoms with Gasteiger partial charge in [0.05, 0.1) is 13.2 Å². The third-order valence-corrected chi connectivity index (χ3v) is 3.07. The van der Waals surface area contributed by atoms with Crippen LogP contribution in [0.3, 0.4) is 0 Å². The molecule has 2 rings (SSSR count). The second-order valence-electron chi connectivity index (χ2n) is 4.43. The third-order valence-electron chi connectivity index (χ3n) is 3.07. The number of aliphatic hydroxyl groups excluding tert-OH is 1. The molecule has 0 radical (unpaired) electrons. The normalized spacial score (nSPS) is 11.9. The van der Waals surface area contributed by atoms with Gasteiger partial charge in [0.15, 0.2) is 0 Å². The molecule has 0 bridgehead atoms. The van der Waals surface area contributed by atoms with Crippen molar-refractivity contribution < 1.29 is 9.84 Å². The molecule has 0 saturated carbocycles. The first kappa shape index (κ1) is 13.4. The monoisotopic (exact) mass is 257 g/mol. The summed E-state index contributed by atoms with van der Waals surface area (Å²) in [6.45, 7) is 2.43. The summed E-state index contributed by atoms with van der Waals surface area (Å²) < 4.78 is 5.32. The maximum atomic E-state index is 9.74. The highest BCUT2D eigenvalue weighted by molar-refractivity contribution is 5.53.